The number of para-hydroxylation sites is 1. The van der Waals surface area contributed by atoms with Crippen molar-refractivity contribution in [3.8, 4) is 0 Å². The van der Waals surface area contributed by atoms with Crippen molar-refractivity contribution in [3.05, 3.63) is 95.1 Å². The van der Waals surface area contributed by atoms with Gasteiger partial charge in [-0.15, -0.1) is 0 Å². The van der Waals surface area contributed by atoms with Crippen LogP contribution in [0.1, 0.15) is 34.0 Å². The second-order valence-corrected chi connectivity index (χ2v) is 9.17. The highest BCUT2D eigenvalue weighted by molar-refractivity contribution is 7.92. The van der Waals surface area contributed by atoms with Crippen LogP contribution in [-0.4, -0.2) is 20.6 Å². The van der Waals surface area contributed by atoms with E-state index in [4.69, 9.17) is 0 Å². The van der Waals surface area contributed by atoms with Gasteiger partial charge in [0.15, 0.2) is 0 Å². The Hall–Kier alpha value is -3.12. The number of rotatable bonds is 7. The lowest BCUT2D eigenvalue weighted by Crippen LogP contribution is -2.29. The summed E-state index contributed by atoms with van der Waals surface area (Å²) in [5.41, 5.74) is 4.83. The molecule has 0 fully saturated rings. The number of carbonyl (C=O) groups is 1. The van der Waals surface area contributed by atoms with Crippen molar-refractivity contribution in [2.45, 2.75) is 26.8 Å². The number of aryl methyl sites for hydroxylation is 2. The van der Waals surface area contributed by atoms with Gasteiger partial charge < -0.3 is 5.32 Å². The van der Waals surface area contributed by atoms with E-state index >= 15 is 0 Å². The second-order valence-electron chi connectivity index (χ2n) is 7.27. The lowest BCUT2D eigenvalue weighted by atomic mass is 10.1. The van der Waals surface area contributed by atoms with Gasteiger partial charge in [-0.05, 0) is 54.8 Å². The highest BCUT2D eigenvalue weighted by Crippen LogP contribution is 2.22. The third kappa shape index (κ3) is 5.27. The summed E-state index contributed by atoms with van der Waals surface area (Å²) in [6.07, 6.45) is 2.00. The molecule has 0 heterocycles. The number of carbonyl (C=O) groups excluding carboxylic acids is 1. The maximum atomic E-state index is 12.6. The van der Waals surface area contributed by atoms with Gasteiger partial charge in [-0.2, -0.15) is 0 Å². The molecular weight excluding hydrogens is 396 g/mol. The van der Waals surface area contributed by atoms with Crippen molar-refractivity contribution in [1.29, 1.82) is 0 Å². The van der Waals surface area contributed by atoms with Crippen molar-refractivity contribution in [3.63, 3.8) is 0 Å². The third-order valence-corrected chi connectivity index (χ3v) is 6.05. The van der Waals surface area contributed by atoms with Gasteiger partial charge in [0, 0.05) is 11.3 Å². The molecule has 0 aliphatic rings. The van der Waals surface area contributed by atoms with E-state index in [-0.39, 0.29) is 12.5 Å². The largest absolute Gasteiger partial charge is 0.322 e. The highest BCUT2D eigenvalue weighted by atomic mass is 32.2. The van der Waals surface area contributed by atoms with Crippen LogP contribution in [0.5, 0.6) is 0 Å². The molecule has 0 bridgehead atoms. The van der Waals surface area contributed by atoms with Crippen molar-refractivity contribution in [1.82, 2.24) is 0 Å². The van der Waals surface area contributed by atoms with Crippen LogP contribution in [0.4, 0.5) is 11.4 Å². The van der Waals surface area contributed by atoms with Gasteiger partial charge in [0.2, 0.25) is 10.0 Å². The zero-order valence-corrected chi connectivity index (χ0v) is 18.2. The normalized spacial score (nSPS) is 11.2. The van der Waals surface area contributed by atoms with Crippen molar-refractivity contribution < 1.29 is 13.2 Å². The minimum atomic E-state index is -3.48. The van der Waals surface area contributed by atoms with E-state index in [1.807, 2.05) is 62.4 Å². The van der Waals surface area contributed by atoms with E-state index in [2.05, 4.69) is 5.32 Å². The number of benzene rings is 3. The van der Waals surface area contributed by atoms with Crippen LogP contribution in [0.25, 0.3) is 0 Å². The third-order valence-electron chi connectivity index (χ3n) is 4.91. The number of nitrogens with zero attached hydrogens (tertiary/aromatic N) is 1. The first-order valence-corrected chi connectivity index (χ1v) is 11.7. The molecule has 0 spiro atoms. The van der Waals surface area contributed by atoms with E-state index in [0.29, 0.717) is 11.3 Å². The Kier molecular flexibility index (Phi) is 6.57. The average molecular weight is 423 g/mol. The molecule has 0 aromatic heterocycles. The Morgan fingerprint density at radius 1 is 0.933 bits per heavy atom. The first kappa shape index (κ1) is 21.6. The molecule has 0 saturated carbocycles. The van der Waals surface area contributed by atoms with Gasteiger partial charge in [-0.25, -0.2) is 8.42 Å². The standard InChI is InChI=1S/C24H26N2O3S/c1-4-20-7-5-6-8-23(20)25-24(27)21-13-15-22(16-14-21)26(30(3,28)29)17-19-11-9-18(2)10-12-19/h5-16H,4,17H2,1-3H3,(H,25,27). The predicted octanol–water partition coefficient (Wildman–Crippen LogP) is 4.78. The zero-order valence-electron chi connectivity index (χ0n) is 17.4. The summed E-state index contributed by atoms with van der Waals surface area (Å²) < 4.78 is 26.1. The Balaban J connectivity index is 1.81. The Morgan fingerprint density at radius 2 is 1.57 bits per heavy atom. The molecule has 0 atom stereocenters. The Labute approximate surface area is 178 Å². The first-order chi connectivity index (χ1) is 14.3. The number of hydrogen-bond donors (Lipinski definition) is 1. The summed E-state index contributed by atoms with van der Waals surface area (Å²) in [4.78, 5) is 12.6. The van der Waals surface area contributed by atoms with Gasteiger partial charge in [0.1, 0.15) is 0 Å². The van der Waals surface area contributed by atoms with Crippen molar-refractivity contribution >= 4 is 27.3 Å². The average Bonchev–Trinajstić information content (AvgIpc) is 2.73. The van der Waals surface area contributed by atoms with Gasteiger partial charge in [-0.1, -0.05) is 55.0 Å². The fourth-order valence-corrected chi connectivity index (χ4v) is 4.07. The van der Waals surface area contributed by atoms with Crippen molar-refractivity contribution in [2.24, 2.45) is 0 Å². The van der Waals surface area contributed by atoms with Crippen LogP contribution in [0, 0.1) is 6.92 Å². The summed E-state index contributed by atoms with van der Waals surface area (Å²) in [7, 11) is -3.48. The molecule has 0 unspecified atom stereocenters. The predicted molar refractivity (Wildman–Crippen MR) is 122 cm³/mol. The molecule has 5 nitrogen and oxygen atoms in total. The summed E-state index contributed by atoms with van der Waals surface area (Å²) in [6.45, 7) is 4.25. The minimum Gasteiger partial charge on any atom is -0.322 e. The molecule has 30 heavy (non-hydrogen) atoms. The highest BCUT2D eigenvalue weighted by Gasteiger charge is 2.18. The number of amides is 1. The number of anilines is 2. The molecule has 0 saturated heterocycles. The molecule has 0 radical (unpaired) electrons. The second kappa shape index (κ2) is 9.13. The van der Waals surface area contributed by atoms with Gasteiger partial charge in [0.25, 0.3) is 5.91 Å². The summed E-state index contributed by atoms with van der Waals surface area (Å²) in [6, 6.07) is 22.0. The Bertz CT molecular complexity index is 1120. The molecular formula is C24H26N2O3S. The van der Waals surface area contributed by atoms with E-state index in [1.54, 1.807) is 24.3 Å². The van der Waals surface area contributed by atoms with Gasteiger partial charge >= 0.3 is 0 Å². The number of sulfonamides is 1. The van der Waals surface area contributed by atoms with Crippen LogP contribution in [0.2, 0.25) is 0 Å². The summed E-state index contributed by atoms with van der Waals surface area (Å²) in [5.74, 6) is -0.230. The van der Waals surface area contributed by atoms with Crippen LogP contribution < -0.4 is 9.62 Å². The molecule has 1 amide bonds. The smallest absolute Gasteiger partial charge is 0.255 e. The fraction of sp³-hybridized carbons (Fsp3) is 0.208. The van der Waals surface area contributed by atoms with E-state index in [9.17, 15) is 13.2 Å². The summed E-state index contributed by atoms with van der Waals surface area (Å²) in [5, 5.41) is 2.93. The quantitative estimate of drug-likeness (QED) is 0.596. The van der Waals surface area contributed by atoms with Crippen LogP contribution in [0.15, 0.2) is 72.8 Å². The molecule has 156 valence electrons. The van der Waals surface area contributed by atoms with E-state index in [0.717, 1.165) is 28.8 Å². The molecule has 3 rings (SSSR count). The zero-order chi connectivity index (χ0) is 21.7. The number of nitrogens with one attached hydrogen (secondary N) is 1. The molecule has 0 aliphatic carbocycles. The van der Waals surface area contributed by atoms with E-state index < -0.39 is 10.0 Å². The first-order valence-electron chi connectivity index (χ1n) is 9.80. The van der Waals surface area contributed by atoms with Crippen LogP contribution in [0.3, 0.4) is 0 Å². The molecule has 6 heteroatoms. The molecule has 1 N–H and O–H groups in total. The maximum absolute atomic E-state index is 12.6. The monoisotopic (exact) mass is 422 g/mol. The van der Waals surface area contributed by atoms with Crippen molar-refractivity contribution in [2.75, 3.05) is 15.9 Å². The van der Waals surface area contributed by atoms with Gasteiger partial charge in [-0.3, -0.25) is 9.10 Å². The topological polar surface area (TPSA) is 66.5 Å². The maximum Gasteiger partial charge on any atom is 0.255 e. The fourth-order valence-electron chi connectivity index (χ4n) is 3.18. The number of hydrogen-bond acceptors (Lipinski definition) is 3. The lowest BCUT2D eigenvalue weighted by molar-refractivity contribution is 0.102. The lowest BCUT2D eigenvalue weighted by Gasteiger charge is -2.23. The molecule has 0 aliphatic heterocycles. The van der Waals surface area contributed by atoms with Crippen LogP contribution >= 0.6 is 0 Å². The molecule has 3 aromatic carbocycles. The Morgan fingerprint density at radius 3 is 2.17 bits per heavy atom. The minimum absolute atomic E-state index is 0.230. The summed E-state index contributed by atoms with van der Waals surface area (Å²) >= 11 is 0. The van der Waals surface area contributed by atoms with Crippen LogP contribution in [-0.2, 0) is 23.0 Å². The van der Waals surface area contributed by atoms with Gasteiger partial charge in [0.05, 0.1) is 18.5 Å². The van der Waals surface area contributed by atoms with E-state index in [1.165, 1.54) is 10.6 Å². The SMILES string of the molecule is CCc1ccccc1NC(=O)c1ccc(N(Cc2ccc(C)cc2)S(C)(=O)=O)cc1. The molecule has 3 aromatic rings.